The molecule has 1 fully saturated rings. The van der Waals surface area contributed by atoms with Gasteiger partial charge in [0.05, 0.1) is 5.88 Å². The Morgan fingerprint density at radius 1 is 1.58 bits per heavy atom. The van der Waals surface area contributed by atoms with Crippen LogP contribution < -0.4 is 0 Å². The molecule has 0 saturated carbocycles. The fraction of sp³-hybridized carbons (Fsp3) is 0.375. The number of aromatic nitrogens is 1. The summed E-state index contributed by atoms with van der Waals surface area (Å²) >= 11 is 3.79. The van der Waals surface area contributed by atoms with E-state index in [2.05, 4.69) is 15.4 Å². The van der Waals surface area contributed by atoms with Crippen LogP contribution in [-0.2, 0) is 0 Å². The van der Waals surface area contributed by atoms with Crippen LogP contribution in [0.3, 0.4) is 0 Å². The van der Waals surface area contributed by atoms with E-state index in [1.54, 1.807) is 11.9 Å². The number of hydrogen-bond donors (Lipinski definition) is 0. The first-order valence-corrected chi connectivity index (χ1v) is 5.79. The monoisotopic (exact) mass is 198 g/mol. The van der Waals surface area contributed by atoms with Gasteiger partial charge in [0.1, 0.15) is 0 Å². The molecule has 0 bridgehead atoms. The van der Waals surface area contributed by atoms with Gasteiger partial charge in [0.2, 0.25) is 0 Å². The molecule has 1 aliphatic heterocycles. The quantitative estimate of drug-likeness (QED) is 0.676. The summed E-state index contributed by atoms with van der Waals surface area (Å²) in [6.07, 6.45) is 3.72. The number of nitrogens with zero attached hydrogens (tertiary/aromatic N) is 2. The molecule has 0 radical (unpaired) electrons. The van der Waals surface area contributed by atoms with Gasteiger partial charge in [-0.25, -0.2) is 4.31 Å². The van der Waals surface area contributed by atoms with E-state index >= 15 is 0 Å². The molecule has 0 N–H and O–H groups in total. The molecule has 1 aromatic heterocycles. The van der Waals surface area contributed by atoms with Gasteiger partial charge in [-0.05, 0) is 24.1 Å². The highest BCUT2D eigenvalue weighted by Gasteiger charge is 2.12. The number of thioether (sulfide) groups is 1. The van der Waals surface area contributed by atoms with Gasteiger partial charge in [0.15, 0.2) is 0 Å². The Balaban J connectivity index is 1.94. The molecular weight excluding hydrogens is 188 g/mol. The fourth-order valence-corrected chi connectivity index (χ4v) is 3.11. The minimum absolute atomic E-state index is 1.14. The Hall–Kier alpha value is -0.190. The zero-order chi connectivity index (χ0) is 8.23. The standard InChI is InChI=1S/C8H10N2S2/c1-2-8(6-9-3-1)12-10-4-5-11-7-10/h1-3,6H,4-5,7H2. The van der Waals surface area contributed by atoms with Crippen LogP contribution in [0.25, 0.3) is 0 Å². The van der Waals surface area contributed by atoms with Gasteiger partial charge in [-0.2, -0.15) is 0 Å². The van der Waals surface area contributed by atoms with Crippen molar-refractivity contribution in [1.82, 2.24) is 9.29 Å². The lowest BCUT2D eigenvalue weighted by molar-refractivity contribution is 0.611. The third-order valence-electron chi connectivity index (χ3n) is 1.59. The average Bonchev–Trinajstić information content (AvgIpc) is 2.59. The number of pyridine rings is 1. The van der Waals surface area contributed by atoms with Crippen LogP contribution in [0.15, 0.2) is 29.4 Å². The second kappa shape index (κ2) is 4.16. The van der Waals surface area contributed by atoms with Crippen molar-refractivity contribution in [2.75, 3.05) is 18.2 Å². The summed E-state index contributed by atoms with van der Waals surface area (Å²) in [4.78, 5) is 5.31. The molecule has 4 heteroatoms. The maximum absolute atomic E-state index is 4.07. The van der Waals surface area contributed by atoms with E-state index in [4.69, 9.17) is 0 Å². The lowest BCUT2D eigenvalue weighted by atomic mass is 10.5. The van der Waals surface area contributed by atoms with Crippen LogP contribution in [0.5, 0.6) is 0 Å². The summed E-state index contributed by atoms with van der Waals surface area (Å²) in [7, 11) is 0. The third-order valence-corrected chi connectivity index (χ3v) is 3.74. The van der Waals surface area contributed by atoms with Gasteiger partial charge in [-0.3, -0.25) is 4.98 Å². The van der Waals surface area contributed by atoms with E-state index in [0.717, 1.165) is 5.88 Å². The summed E-state index contributed by atoms with van der Waals surface area (Å²) in [5.74, 6) is 2.40. The zero-order valence-electron chi connectivity index (χ0n) is 6.64. The largest absolute Gasteiger partial charge is 0.264 e. The summed E-state index contributed by atoms with van der Waals surface area (Å²) < 4.78 is 2.36. The van der Waals surface area contributed by atoms with E-state index in [-0.39, 0.29) is 0 Å². The third kappa shape index (κ3) is 2.15. The normalized spacial score (nSPS) is 18.3. The highest BCUT2D eigenvalue weighted by Crippen LogP contribution is 2.27. The molecule has 0 atom stereocenters. The molecule has 0 aliphatic carbocycles. The van der Waals surface area contributed by atoms with Crippen LogP contribution in [-0.4, -0.2) is 27.5 Å². The van der Waals surface area contributed by atoms with Crippen molar-refractivity contribution in [1.29, 1.82) is 0 Å². The summed E-state index contributed by atoms with van der Waals surface area (Å²) in [5, 5.41) is 0. The SMILES string of the molecule is c1cncc(SN2CCSC2)c1. The van der Waals surface area contributed by atoms with E-state index in [1.807, 2.05) is 30.2 Å². The Labute approximate surface area is 80.9 Å². The van der Waals surface area contributed by atoms with E-state index < -0.39 is 0 Å². The summed E-state index contributed by atoms with van der Waals surface area (Å²) in [5.41, 5.74) is 0. The molecule has 2 rings (SSSR count). The molecule has 0 amide bonds. The van der Waals surface area contributed by atoms with Gasteiger partial charge in [-0.15, -0.1) is 11.8 Å². The predicted molar refractivity (Wildman–Crippen MR) is 54.1 cm³/mol. The number of rotatable bonds is 2. The Kier molecular flexibility index (Phi) is 2.92. The van der Waals surface area contributed by atoms with Crippen LogP contribution in [0.4, 0.5) is 0 Å². The highest BCUT2D eigenvalue weighted by molar-refractivity contribution is 8.02. The molecule has 2 heterocycles. The Bertz CT molecular complexity index is 234. The van der Waals surface area contributed by atoms with Crippen molar-refractivity contribution in [3.8, 4) is 0 Å². The molecule has 12 heavy (non-hydrogen) atoms. The fourth-order valence-electron chi connectivity index (χ4n) is 1.02. The first-order chi connectivity index (χ1) is 5.95. The average molecular weight is 198 g/mol. The van der Waals surface area contributed by atoms with Crippen LogP contribution in [0.1, 0.15) is 0 Å². The van der Waals surface area contributed by atoms with Gasteiger partial charge in [0.25, 0.3) is 0 Å². The number of hydrogen-bond acceptors (Lipinski definition) is 4. The smallest absolute Gasteiger partial charge is 0.0550 e. The molecular formula is C8H10N2S2. The second-order valence-corrected chi connectivity index (χ2v) is 4.77. The Morgan fingerprint density at radius 2 is 2.58 bits per heavy atom. The molecule has 1 aromatic rings. The van der Waals surface area contributed by atoms with Crippen LogP contribution in [0, 0.1) is 0 Å². The molecule has 1 aliphatic rings. The van der Waals surface area contributed by atoms with Crippen LogP contribution in [0.2, 0.25) is 0 Å². The lowest BCUT2D eigenvalue weighted by Gasteiger charge is -2.10. The van der Waals surface area contributed by atoms with Crippen LogP contribution >= 0.6 is 23.7 Å². The molecule has 0 unspecified atom stereocenters. The summed E-state index contributed by atoms with van der Waals surface area (Å²) in [6.45, 7) is 1.18. The molecule has 0 aromatic carbocycles. The van der Waals surface area contributed by atoms with Crippen molar-refractivity contribution >= 4 is 23.7 Å². The maximum Gasteiger partial charge on any atom is 0.0550 e. The van der Waals surface area contributed by atoms with Gasteiger partial charge in [0, 0.05) is 29.6 Å². The van der Waals surface area contributed by atoms with Crippen molar-refractivity contribution in [2.24, 2.45) is 0 Å². The first-order valence-electron chi connectivity index (χ1n) is 3.86. The second-order valence-electron chi connectivity index (χ2n) is 2.52. The van der Waals surface area contributed by atoms with E-state index in [1.165, 1.54) is 17.2 Å². The molecule has 1 saturated heterocycles. The van der Waals surface area contributed by atoms with Gasteiger partial charge >= 0.3 is 0 Å². The highest BCUT2D eigenvalue weighted by atomic mass is 32.2. The molecule has 0 spiro atoms. The molecule has 2 nitrogen and oxygen atoms in total. The van der Waals surface area contributed by atoms with Gasteiger partial charge < -0.3 is 0 Å². The first kappa shape index (κ1) is 8.41. The van der Waals surface area contributed by atoms with Crippen molar-refractivity contribution in [3.05, 3.63) is 24.5 Å². The topological polar surface area (TPSA) is 16.1 Å². The Morgan fingerprint density at radius 3 is 3.25 bits per heavy atom. The van der Waals surface area contributed by atoms with Crippen molar-refractivity contribution in [2.45, 2.75) is 4.90 Å². The molecule has 64 valence electrons. The van der Waals surface area contributed by atoms with Crippen molar-refractivity contribution in [3.63, 3.8) is 0 Å². The van der Waals surface area contributed by atoms with E-state index in [9.17, 15) is 0 Å². The zero-order valence-corrected chi connectivity index (χ0v) is 8.27. The minimum atomic E-state index is 1.14. The van der Waals surface area contributed by atoms with E-state index in [0.29, 0.717) is 0 Å². The minimum Gasteiger partial charge on any atom is -0.264 e. The maximum atomic E-state index is 4.07. The summed E-state index contributed by atoms with van der Waals surface area (Å²) in [6, 6.07) is 4.08. The van der Waals surface area contributed by atoms with Gasteiger partial charge in [-0.1, -0.05) is 0 Å². The lowest BCUT2D eigenvalue weighted by Crippen LogP contribution is -2.08. The van der Waals surface area contributed by atoms with Crippen molar-refractivity contribution < 1.29 is 0 Å². The predicted octanol–water partition coefficient (Wildman–Crippen LogP) is 2.09.